The topological polar surface area (TPSA) is 99.3 Å². The predicted molar refractivity (Wildman–Crippen MR) is 23.1 cm³/mol. The van der Waals surface area contributed by atoms with Gasteiger partial charge in [-0.15, -0.1) is 0 Å². The molecule has 0 unspecified atom stereocenters. The van der Waals surface area contributed by atoms with Crippen LogP contribution in [0.5, 0.6) is 0 Å². The second-order valence-electron chi connectivity index (χ2n) is 0.765. The zero-order valence-corrected chi connectivity index (χ0v) is 11.9. The van der Waals surface area contributed by atoms with Crippen LogP contribution in [0.2, 0.25) is 0 Å². The molecule has 48 valence electrons. The van der Waals surface area contributed by atoms with Crippen LogP contribution in [0.25, 0.3) is 0 Å². The average Bonchev–Trinajstić information content (AvgIpc) is 1.61. The largest absolute Gasteiger partial charge is 1.00 e. The molecule has 0 saturated heterocycles. The van der Waals surface area contributed by atoms with E-state index in [4.69, 9.17) is 10.2 Å². The number of hydrogen-bond donors (Lipinski definition) is 2. The van der Waals surface area contributed by atoms with Gasteiger partial charge in [0.2, 0.25) is 0 Å². The van der Waals surface area contributed by atoms with Gasteiger partial charge in [-0.05, 0) is 0 Å². The summed E-state index contributed by atoms with van der Waals surface area (Å²) in [4.78, 5) is 18.8. The maximum atomic E-state index is 9.38. The summed E-state index contributed by atoms with van der Waals surface area (Å²) in [6.07, 6.45) is -3.24. The van der Waals surface area contributed by atoms with Crippen LogP contribution in [0, 0.1) is 0 Å². The summed E-state index contributed by atoms with van der Waals surface area (Å²) in [5, 5.41) is 19.8. The van der Waals surface area contributed by atoms with E-state index in [1.54, 1.807) is 0 Å². The second kappa shape index (κ2) is 10.8. The Bertz CT molecular complexity index is 138. The van der Waals surface area contributed by atoms with E-state index >= 15 is 0 Å². The first-order valence-corrected chi connectivity index (χ1v) is 1.50. The number of carbonyl (C=O) groups is 2. The summed E-state index contributed by atoms with van der Waals surface area (Å²) in [6, 6.07) is 0. The number of nitrogens with zero attached hydrogens (tertiary/aromatic N) is 2. The van der Waals surface area contributed by atoms with Gasteiger partial charge in [-0.3, -0.25) is 0 Å². The van der Waals surface area contributed by atoms with E-state index in [9.17, 15) is 9.59 Å². The number of carboxylic acid groups (broad SMARTS) is 2. The molecule has 2 amide bonds. The first-order chi connectivity index (χ1) is 3.63. The van der Waals surface area contributed by atoms with Crippen molar-refractivity contribution in [3.63, 3.8) is 0 Å². The molecule has 6 nitrogen and oxygen atoms in total. The molecule has 0 aliphatic heterocycles. The van der Waals surface area contributed by atoms with Gasteiger partial charge < -0.3 is 13.1 Å². The molecule has 0 atom stereocenters. The fourth-order valence-electron chi connectivity index (χ4n) is 0.0855. The monoisotopic (exact) mass is 198 g/mol. The Hall–Kier alpha value is 1.81. The van der Waals surface area contributed by atoms with Crippen LogP contribution in [0.1, 0.15) is 2.85 Å². The molecule has 10 heavy (non-hydrogen) atoms. The van der Waals surface area contributed by atoms with Gasteiger partial charge in [0.25, 0.3) is 0 Å². The van der Waals surface area contributed by atoms with Gasteiger partial charge in [0.1, 0.15) is 0 Å². The van der Waals surface area contributed by atoms with Gasteiger partial charge in [-0.1, -0.05) is 10.2 Å². The third kappa shape index (κ3) is 16.4. The second-order valence-corrected chi connectivity index (χ2v) is 0.765. The minimum atomic E-state index is -1.62. The number of azo groups is 1. The Labute approximate surface area is 144 Å². The normalized spacial score (nSPS) is 7.60. The minimum Gasteiger partial charge on any atom is -1.00 e. The van der Waals surface area contributed by atoms with Gasteiger partial charge in [0, 0.05) is 0 Å². The van der Waals surface area contributed by atoms with E-state index in [-0.39, 0.29) is 106 Å². The molecule has 0 saturated carbocycles. The van der Waals surface area contributed by atoms with E-state index in [1.807, 2.05) is 0 Å². The van der Waals surface area contributed by atoms with Gasteiger partial charge in [-0.25, -0.2) is 9.59 Å². The van der Waals surface area contributed by atoms with E-state index in [2.05, 4.69) is 10.2 Å². The van der Waals surface area contributed by atoms with Crippen molar-refractivity contribution in [3.8, 4) is 0 Å². The van der Waals surface area contributed by atoms with Crippen LogP contribution in [-0.4, -0.2) is 22.4 Å². The third-order valence-electron chi connectivity index (χ3n) is 0.221. The SMILES string of the molecule is O=C(O)N=NC(=O)O.[H-].[H-].[K+].[K+]. The van der Waals surface area contributed by atoms with Gasteiger partial charge in [-0.2, -0.15) is 0 Å². The van der Waals surface area contributed by atoms with Crippen molar-refractivity contribution in [2.24, 2.45) is 10.2 Å². The summed E-state index contributed by atoms with van der Waals surface area (Å²) in [6.45, 7) is 0. The maximum absolute atomic E-state index is 9.38. The van der Waals surface area contributed by atoms with Crippen molar-refractivity contribution in [2.75, 3.05) is 0 Å². The smallest absolute Gasteiger partial charge is 1.00 e. The van der Waals surface area contributed by atoms with Gasteiger partial charge in [0.15, 0.2) is 0 Å². The van der Waals surface area contributed by atoms with Crippen molar-refractivity contribution >= 4 is 12.2 Å². The molecule has 0 spiro atoms. The van der Waals surface area contributed by atoms with Crippen LogP contribution in [0.4, 0.5) is 9.59 Å². The molecule has 0 bridgehead atoms. The molecule has 0 radical (unpaired) electrons. The Morgan fingerprint density at radius 3 is 1.30 bits per heavy atom. The predicted octanol–water partition coefficient (Wildman–Crippen LogP) is -4.97. The molecule has 0 heterocycles. The van der Waals surface area contributed by atoms with Crippen molar-refractivity contribution in [1.29, 1.82) is 0 Å². The quantitative estimate of drug-likeness (QED) is 0.301. The first kappa shape index (κ1) is 17.8. The molecule has 0 rings (SSSR count). The molecular weight excluding hydrogens is 194 g/mol. The molecule has 0 aliphatic carbocycles. The molecular formula is C2H4K2N2O4. The average molecular weight is 198 g/mol. The fourth-order valence-corrected chi connectivity index (χ4v) is 0.0855. The number of hydrogen-bond acceptors (Lipinski definition) is 2. The summed E-state index contributed by atoms with van der Waals surface area (Å²) in [5.74, 6) is 0. The van der Waals surface area contributed by atoms with Crippen LogP contribution in [-0.2, 0) is 0 Å². The van der Waals surface area contributed by atoms with Crippen molar-refractivity contribution in [1.82, 2.24) is 0 Å². The van der Waals surface area contributed by atoms with Gasteiger partial charge >= 0.3 is 115 Å². The Morgan fingerprint density at radius 2 is 1.20 bits per heavy atom. The van der Waals surface area contributed by atoms with E-state index in [1.165, 1.54) is 0 Å². The molecule has 0 aromatic carbocycles. The third-order valence-corrected chi connectivity index (χ3v) is 0.221. The van der Waals surface area contributed by atoms with Crippen LogP contribution >= 0.6 is 0 Å². The van der Waals surface area contributed by atoms with Gasteiger partial charge in [0.05, 0.1) is 0 Å². The van der Waals surface area contributed by atoms with Crippen molar-refractivity contribution < 1.29 is 125 Å². The van der Waals surface area contributed by atoms with Crippen LogP contribution in [0.15, 0.2) is 10.2 Å². The first-order valence-electron chi connectivity index (χ1n) is 1.50. The maximum Gasteiger partial charge on any atom is 1.00 e. The molecule has 2 N–H and O–H groups in total. The van der Waals surface area contributed by atoms with Crippen LogP contribution < -0.4 is 103 Å². The standard InChI is InChI=1S/C2H2N2O4.2K.2H/c5-1(6)3-4-2(7)8;;;;/h(H,5,6)(H,7,8);;;;/q;2*+1;2*-1. The summed E-state index contributed by atoms with van der Waals surface area (Å²) < 4.78 is 0. The fraction of sp³-hybridized carbons (Fsp3) is 0. The van der Waals surface area contributed by atoms with Crippen LogP contribution in [0.3, 0.4) is 0 Å². The number of amides is 2. The summed E-state index contributed by atoms with van der Waals surface area (Å²) in [7, 11) is 0. The van der Waals surface area contributed by atoms with Crippen molar-refractivity contribution in [2.45, 2.75) is 0 Å². The minimum absolute atomic E-state index is 0. The summed E-state index contributed by atoms with van der Waals surface area (Å²) in [5.41, 5.74) is 0. The molecule has 0 aromatic heterocycles. The molecule has 0 aliphatic rings. The zero-order chi connectivity index (χ0) is 6.57. The molecule has 8 heteroatoms. The van der Waals surface area contributed by atoms with E-state index in [0.29, 0.717) is 0 Å². The Balaban J connectivity index is -0.0000000408. The number of rotatable bonds is 0. The zero-order valence-electron chi connectivity index (χ0n) is 7.61. The molecule has 0 fully saturated rings. The molecule has 0 aromatic rings. The Morgan fingerprint density at radius 1 is 1.00 bits per heavy atom. The van der Waals surface area contributed by atoms with E-state index < -0.39 is 12.2 Å². The van der Waals surface area contributed by atoms with Crippen molar-refractivity contribution in [3.05, 3.63) is 0 Å². The Kier molecular flexibility index (Phi) is 19.2. The van der Waals surface area contributed by atoms with E-state index in [0.717, 1.165) is 0 Å². The summed E-state index contributed by atoms with van der Waals surface area (Å²) >= 11 is 0.